The zero-order valence-electron chi connectivity index (χ0n) is 11.9. The van der Waals surface area contributed by atoms with Crippen molar-refractivity contribution in [3.8, 4) is 11.5 Å². The molecule has 0 saturated carbocycles. The Hall–Kier alpha value is -2.56. The van der Waals surface area contributed by atoms with Gasteiger partial charge in [-0.15, -0.1) is 0 Å². The Labute approximate surface area is 123 Å². The van der Waals surface area contributed by atoms with Crippen LogP contribution in [0.5, 0.6) is 11.5 Å². The molecule has 1 heterocycles. The molecule has 0 spiro atoms. The summed E-state index contributed by atoms with van der Waals surface area (Å²) in [5.74, 6) is -0.242. The highest BCUT2D eigenvalue weighted by molar-refractivity contribution is 5.75. The molecule has 2 aromatic rings. The second kappa shape index (κ2) is 6.74. The quantitative estimate of drug-likeness (QED) is 0.884. The average Bonchev–Trinajstić information content (AvgIpc) is 2.53. The van der Waals surface area contributed by atoms with Gasteiger partial charge in [-0.3, -0.25) is 9.78 Å². The fourth-order valence-corrected chi connectivity index (χ4v) is 2.03. The predicted molar refractivity (Wildman–Crippen MR) is 77.9 cm³/mol. The zero-order chi connectivity index (χ0) is 15.2. The highest BCUT2D eigenvalue weighted by atomic mass is 16.5. The van der Waals surface area contributed by atoms with Gasteiger partial charge in [-0.25, -0.2) is 0 Å². The molecular formula is C16H17NO4. The molecule has 0 amide bonds. The summed E-state index contributed by atoms with van der Waals surface area (Å²) in [4.78, 5) is 15.7. The Kier molecular flexibility index (Phi) is 4.77. The van der Waals surface area contributed by atoms with Crippen LogP contribution in [0.1, 0.15) is 17.2 Å². The zero-order valence-corrected chi connectivity index (χ0v) is 11.9. The molecule has 0 saturated heterocycles. The van der Waals surface area contributed by atoms with Crippen LogP contribution in [0.15, 0.2) is 42.6 Å². The first-order chi connectivity index (χ1) is 10.1. The summed E-state index contributed by atoms with van der Waals surface area (Å²) in [5, 5.41) is 9.42. The molecule has 0 fully saturated rings. The van der Waals surface area contributed by atoms with Gasteiger partial charge in [-0.2, -0.15) is 0 Å². The maximum Gasteiger partial charge on any atom is 0.312 e. The van der Waals surface area contributed by atoms with Gasteiger partial charge in [-0.1, -0.05) is 12.1 Å². The van der Waals surface area contributed by atoms with E-state index in [9.17, 15) is 9.90 Å². The van der Waals surface area contributed by atoms with Crippen molar-refractivity contribution in [3.05, 3.63) is 53.9 Å². The number of hydrogen-bond donors (Lipinski definition) is 1. The lowest BCUT2D eigenvalue weighted by Crippen LogP contribution is -2.15. The molecule has 0 bridgehead atoms. The Morgan fingerprint density at radius 3 is 2.19 bits per heavy atom. The minimum atomic E-state index is -0.900. The molecule has 0 aliphatic heterocycles. The van der Waals surface area contributed by atoms with E-state index < -0.39 is 11.9 Å². The van der Waals surface area contributed by atoms with Crippen LogP contribution in [-0.2, 0) is 11.2 Å². The number of benzene rings is 1. The topological polar surface area (TPSA) is 68.7 Å². The average molecular weight is 287 g/mol. The molecule has 110 valence electrons. The van der Waals surface area contributed by atoms with Gasteiger partial charge in [-0.05, 0) is 36.2 Å². The molecule has 2 rings (SSSR count). The third-order valence-corrected chi connectivity index (χ3v) is 3.25. The number of ether oxygens (including phenoxy) is 2. The number of rotatable bonds is 6. The number of methoxy groups -OCH3 is 2. The van der Waals surface area contributed by atoms with Crippen molar-refractivity contribution >= 4 is 5.97 Å². The van der Waals surface area contributed by atoms with E-state index in [0.717, 1.165) is 11.3 Å². The van der Waals surface area contributed by atoms with Crippen LogP contribution in [0.4, 0.5) is 0 Å². The summed E-state index contributed by atoms with van der Waals surface area (Å²) in [6, 6.07) is 10.7. The first kappa shape index (κ1) is 14.8. The van der Waals surface area contributed by atoms with Crippen molar-refractivity contribution in [1.82, 2.24) is 4.98 Å². The van der Waals surface area contributed by atoms with E-state index in [4.69, 9.17) is 9.47 Å². The van der Waals surface area contributed by atoms with Gasteiger partial charge >= 0.3 is 5.97 Å². The molecule has 1 aromatic carbocycles. The Morgan fingerprint density at radius 1 is 1.10 bits per heavy atom. The summed E-state index contributed by atoms with van der Waals surface area (Å²) >= 11 is 0. The van der Waals surface area contributed by atoms with Gasteiger partial charge < -0.3 is 14.6 Å². The molecule has 5 heteroatoms. The SMILES string of the molecule is COc1ccc(CC(C(=O)O)c2ccc(OC)cn2)cc1. The van der Waals surface area contributed by atoms with Gasteiger partial charge in [0.25, 0.3) is 0 Å². The van der Waals surface area contributed by atoms with Gasteiger partial charge in [0.15, 0.2) is 0 Å². The predicted octanol–water partition coefficient (Wildman–Crippen LogP) is 2.51. The van der Waals surface area contributed by atoms with Crippen molar-refractivity contribution in [2.24, 2.45) is 0 Å². The molecule has 0 radical (unpaired) electrons. The third kappa shape index (κ3) is 3.72. The standard InChI is InChI=1S/C16H17NO4/c1-20-12-5-3-11(4-6-12)9-14(16(18)19)15-8-7-13(21-2)10-17-15/h3-8,10,14H,9H2,1-2H3,(H,18,19). The van der Waals surface area contributed by atoms with Crippen molar-refractivity contribution in [2.45, 2.75) is 12.3 Å². The number of hydrogen-bond acceptors (Lipinski definition) is 4. The van der Waals surface area contributed by atoms with Crippen LogP contribution in [0.25, 0.3) is 0 Å². The number of aromatic nitrogens is 1. The van der Waals surface area contributed by atoms with E-state index in [2.05, 4.69) is 4.98 Å². The molecule has 21 heavy (non-hydrogen) atoms. The maximum absolute atomic E-state index is 11.5. The van der Waals surface area contributed by atoms with Crippen molar-refractivity contribution in [3.63, 3.8) is 0 Å². The number of carboxylic acid groups (broad SMARTS) is 1. The number of nitrogens with zero attached hydrogens (tertiary/aromatic N) is 1. The second-order valence-electron chi connectivity index (χ2n) is 4.57. The summed E-state index contributed by atoms with van der Waals surface area (Å²) in [6.45, 7) is 0. The molecule has 1 atom stereocenters. The number of aliphatic carboxylic acids is 1. The lowest BCUT2D eigenvalue weighted by Gasteiger charge is -2.12. The summed E-state index contributed by atoms with van der Waals surface area (Å²) in [7, 11) is 3.14. The van der Waals surface area contributed by atoms with E-state index in [0.29, 0.717) is 17.9 Å². The fraction of sp³-hybridized carbons (Fsp3) is 0.250. The van der Waals surface area contributed by atoms with Crippen LogP contribution in [0, 0.1) is 0 Å². The minimum absolute atomic E-state index is 0.374. The lowest BCUT2D eigenvalue weighted by atomic mass is 9.95. The maximum atomic E-state index is 11.5. The molecular weight excluding hydrogens is 270 g/mol. The highest BCUT2D eigenvalue weighted by Gasteiger charge is 2.21. The van der Waals surface area contributed by atoms with Crippen LogP contribution >= 0.6 is 0 Å². The summed E-state index contributed by atoms with van der Waals surface area (Å²) < 4.78 is 10.1. The van der Waals surface area contributed by atoms with Crippen LogP contribution in [-0.4, -0.2) is 30.3 Å². The van der Waals surface area contributed by atoms with Crippen molar-refractivity contribution in [2.75, 3.05) is 14.2 Å². The van der Waals surface area contributed by atoms with Crippen molar-refractivity contribution in [1.29, 1.82) is 0 Å². The van der Waals surface area contributed by atoms with E-state index in [1.54, 1.807) is 26.4 Å². The lowest BCUT2D eigenvalue weighted by molar-refractivity contribution is -0.138. The first-order valence-corrected chi connectivity index (χ1v) is 6.49. The number of carbonyl (C=O) groups is 1. The van der Waals surface area contributed by atoms with Crippen LogP contribution in [0.3, 0.4) is 0 Å². The Balaban J connectivity index is 2.19. The molecule has 0 aliphatic rings. The molecule has 0 aliphatic carbocycles. The monoisotopic (exact) mass is 287 g/mol. The fourth-order valence-electron chi connectivity index (χ4n) is 2.03. The highest BCUT2D eigenvalue weighted by Crippen LogP contribution is 2.22. The summed E-state index contributed by atoms with van der Waals surface area (Å²) in [6.07, 6.45) is 1.90. The molecule has 5 nitrogen and oxygen atoms in total. The largest absolute Gasteiger partial charge is 0.497 e. The van der Waals surface area contributed by atoms with Gasteiger partial charge in [0.05, 0.1) is 26.1 Å². The van der Waals surface area contributed by atoms with E-state index >= 15 is 0 Å². The van der Waals surface area contributed by atoms with Crippen molar-refractivity contribution < 1.29 is 19.4 Å². The third-order valence-electron chi connectivity index (χ3n) is 3.25. The first-order valence-electron chi connectivity index (χ1n) is 6.49. The molecule has 1 unspecified atom stereocenters. The van der Waals surface area contributed by atoms with E-state index in [1.807, 2.05) is 24.3 Å². The Bertz CT molecular complexity index is 593. The van der Waals surface area contributed by atoms with E-state index in [1.165, 1.54) is 6.20 Å². The van der Waals surface area contributed by atoms with Gasteiger partial charge in [0.1, 0.15) is 17.4 Å². The normalized spacial score (nSPS) is 11.7. The van der Waals surface area contributed by atoms with Crippen LogP contribution in [0.2, 0.25) is 0 Å². The second-order valence-corrected chi connectivity index (χ2v) is 4.57. The van der Waals surface area contributed by atoms with E-state index in [-0.39, 0.29) is 0 Å². The van der Waals surface area contributed by atoms with Crippen LogP contribution < -0.4 is 9.47 Å². The number of pyridine rings is 1. The summed E-state index contributed by atoms with van der Waals surface area (Å²) in [5.41, 5.74) is 1.43. The molecule has 1 aromatic heterocycles. The van der Waals surface area contributed by atoms with Gasteiger partial charge in [0.2, 0.25) is 0 Å². The molecule has 1 N–H and O–H groups in total. The minimum Gasteiger partial charge on any atom is -0.497 e. The number of carboxylic acids is 1. The van der Waals surface area contributed by atoms with Gasteiger partial charge in [0, 0.05) is 0 Å². The Morgan fingerprint density at radius 2 is 1.71 bits per heavy atom. The smallest absolute Gasteiger partial charge is 0.312 e.